The maximum absolute atomic E-state index is 5.57. The topological polar surface area (TPSA) is 52.4 Å². The quantitative estimate of drug-likeness (QED) is 0.849. The van der Waals surface area contributed by atoms with Crippen LogP contribution in [0.15, 0.2) is 12.3 Å². The highest BCUT2D eigenvalue weighted by atomic mass is 16.5. The van der Waals surface area contributed by atoms with Crippen LogP contribution in [0.25, 0.3) is 11.0 Å². The molecule has 4 rings (SSSR count). The van der Waals surface area contributed by atoms with Crippen LogP contribution in [0.3, 0.4) is 0 Å². The lowest BCUT2D eigenvalue weighted by molar-refractivity contribution is 0.0855. The Kier molecular flexibility index (Phi) is 3.95. The molecule has 2 aliphatic heterocycles. The highest BCUT2D eigenvalue weighted by Crippen LogP contribution is 2.34. The first kappa shape index (κ1) is 14.9. The molecule has 4 heterocycles. The number of morpholine rings is 1. The summed E-state index contributed by atoms with van der Waals surface area (Å²) in [5, 5.41) is 4.44. The summed E-state index contributed by atoms with van der Waals surface area (Å²) < 4.78 is 13.1. The molecular formula is C17H24N4O2. The molecule has 0 spiro atoms. The molecule has 0 bridgehead atoms. The Labute approximate surface area is 136 Å². The van der Waals surface area contributed by atoms with E-state index in [2.05, 4.69) is 23.0 Å². The number of nitrogens with zero attached hydrogens (tertiary/aromatic N) is 4. The van der Waals surface area contributed by atoms with Gasteiger partial charge in [0.05, 0.1) is 31.0 Å². The van der Waals surface area contributed by atoms with Gasteiger partial charge in [0.25, 0.3) is 0 Å². The van der Waals surface area contributed by atoms with Gasteiger partial charge < -0.3 is 14.4 Å². The van der Waals surface area contributed by atoms with Crippen molar-refractivity contribution >= 4 is 16.9 Å². The molecule has 124 valence electrons. The van der Waals surface area contributed by atoms with E-state index < -0.39 is 0 Å². The number of hydrogen-bond acceptors (Lipinski definition) is 5. The smallest absolute Gasteiger partial charge is 0.130 e. The minimum absolute atomic E-state index is 0.355. The van der Waals surface area contributed by atoms with E-state index in [4.69, 9.17) is 14.5 Å². The summed E-state index contributed by atoms with van der Waals surface area (Å²) in [4.78, 5) is 7.24. The summed E-state index contributed by atoms with van der Waals surface area (Å²) in [5.74, 6) is 1.59. The van der Waals surface area contributed by atoms with Gasteiger partial charge in [-0.1, -0.05) is 0 Å². The van der Waals surface area contributed by atoms with Crippen LogP contribution in [-0.2, 0) is 16.5 Å². The number of hydrogen-bond donors (Lipinski definition) is 0. The zero-order valence-corrected chi connectivity index (χ0v) is 13.9. The molecule has 0 unspecified atom stereocenters. The zero-order valence-electron chi connectivity index (χ0n) is 13.9. The third-order valence-electron chi connectivity index (χ3n) is 5.04. The van der Waals surface area contributed by atoms with E-state index in [1.54, 1.807) is 0 Å². The van der Waals surface area contributed by atoms with Gasteiger partial charge in [-0.25, -0.2) is 4.98 Å². The number of aryl methyl sites for hydroxylation is 1. The van der Waals surface area contributed by atoms with Gasteiger partial charge in [0.2, 0.25) is 0 Å². The second-order valence-corrected chi connectivity index (χ2v) is 6.58. The van der Waals surface area contributed by atoms with Gasteiger partial charge in [-0.2, -0.15) is 5.10 Å². The van der Waals surface area contributed by atoms with Gasteiger partial charge >= 0.3 is 0 Å². The van der Waals surface area contributed by atoms with E-state index in [1.807, 2.05) is 17.9 Å². The first-order valence-electron chi connectivity index (χ1n) is 8.49. The number of aromatic nitrogens is 3. The van der Waals surface area contributed by atoms with Crippen LogP contribution in [0.4, 0.5) is 5.82 Å². The number of rotatable bonds is 2. The Morgan fingerprint density at radius 2 is 2.00 bits per heavy atom. The van der Waals surface area contributed by atoms with Crippen LogP contribution in [0.2, 0.25) is 0 Å². The normalized spacial score (nSPS) is 23.6. The third-order valence-corrected chi connectivity index (χ3v) is 5.04. The molecular weight excluding hydrogens is 292 g/mol. The molecule has 0 N–H and O–H groups in total. The molecule has 0 aliphatic carbocycles. The number of pyridine rings is 1. The van der Waals surface area contributed by atoms with E-state index in [0.717, 1.165) is 57.1 Å². The molecule has 2 aromatic rings. The molecule has 6 heteroatoms. The highest BCUT2D eigenvalue weighted by molar-refractivity contribution is 5.81. The van der Waals surface area contributed by atoms with Crippen molar-refractivity contribution in [1.82, 2.24) is 14.8 Å². The Morgan fingerprint density at radius 1 is 1.17 bits per heavy atom. The maximum Gasteiger partial charge on any atom is 0.130 e. The van der Waals surface area contributed by atoms with Gasteiger partial charge in [-0.15, -0.1) is 0 Å². The summed E-state index contributed by atoms with van der Waals surface area (Å²) in [6.45, 7) is 6.31. The van der Waals surface area contributed by atoms with Gasteiger partial charge in [-0.05, 0) is 37.3 Å². The lowest BCUT2D eigenvalue weighted by Gasteiger charge is -2.35. The number of ether oxygens (including phenoxy) is 2. The Bertz CT molecular complexity index is 693. The first-order valence-corrected chi connectivity index (χ1v) is 8.49. The summed E-state index contributed by atoms with van der Waals surface area (Å²) in [6, 6.07) is 2.63. The van der Waals surface area contributed by atoms with Crippen molar-refractivity contribution in [2.24, 2.45) is 7.05 Å². The standard InChI is InChI=1S/C17H24N4O2/c1-12-11-23-8-5-21(12)16-9-14(13-3-6-22-7-4-13)17-15(19-16)10-18-20(17)2/h9-10,12-13H,3-8,11H2,1-2H3/t12-/m1/s1. The summed E-state index contributed by atoms with van der Waals surface area (Å²) in [6.07, 6.45) is 4.03. The van der Waals surface area contributed by atoms with E-state index in [9.17, 15) is 0 Å². The van der Waals surface area contributed by atoms with Crippen molar-refractivity contribution in [2.75, 3.05) is 37.9 Å². The number of fused-ring (bicyclic) bond motifs is 1. The molecule has 0 aromatic carbocycles. The van der Waals surface area contributed by atoms with E-state index >= 15 is 0 Å². The Morgan fingerprint density at radius 3 is 2.78 bits per heavy atom. The molecule has 1 atom stereocenters. The van der Waals surface area contributed by atoms with Crippen LogP contribution in [-0.4, -0.2) is 53.8 Å². The second-order valence-electron chi connectivity index (χ2n) is 6.58. The Hall–Kier alpha value is -1.66. The SMILES string of the molecule is C[C@@H]1COCCN1c1cc(C2CCOCC2)c2c(cnn2C)n1. The molecule has 2 saturated heterocycles. The summed E-state index contributed by atoms with van der Waals surface area (Å²) >= 11 is 0. The fourth-order valence-corrected chi connectivity index (χ4v) is 3.74. The molecule has 23 heavy (non-hydrogen) atoms. The molecule has 2 aliphatic rings. The van der Waals surface area contributed by atoms with Crippen LogP contribution in [0, 0.1) is 0 Å². The molecule has 0 radical (unpaired) electrons. The monoisotopic (exact) mass is 316 g/mol. The van der Waals surface area contributed by atoms with Gasteiger partial charge in [0.15, 0.2) is 0 Å². The first-order chi connectivity index (χ1) is 11.2. The van der Waals surface area contributed by atoms with Crippen molar-refractivity contribution < 1.29 is 9.47 Å². The van der Waals surface area contributed by atoms with Crippen molar-refractivity contribution in [1.29, 1.82) is 0 Å². The highest BCUT2D eigenvalue weighted by Gasteiger charge is 2.25. The minimum atomic E-state index is 0.355. The Balaban J connectivity index is 1.80. The van der Waals surface area contributed by atoms with Crippen molar-refractivity contribution in [3.63, 3.8) is 0 Å². The van der Waals surface area contributed by atoms with E-state index in [-0.39, 0.29) is 0 Å². The summed E-state index contributed by atoms with van der Waals surface area (Å²) in [5.41, 5.74) is 3.53. The van der Waals surface area contributed by atoms with Crippen molar-refractivity contribution in [3.05, 3.63) is 17.8 Å². The van der Waals surface area contributed by atoms with Crippen molar-refractivity contribution in [3.8, 4) is 0 Å². The summed E-state index contributed by atoms with van der Waals surface area (Å²) in [7, 11) is 2.00. The fraction of sp³-hybridized carbons (Fsp3) is 0.647. The molecule has 2 aromatic heterocycles. The molecule has 6 nitrogen and oxygen atoms in total. The molecule has 0 saturated carbocycles. The average molecular weight is 316 g/mol. The third kappa shape index (κ3) is 2.70. The van der Waals surface area contributed by atoms with Crippen molar-refractivity contribution in [2.45, 2.75) is 31.7 Å². The van der Waals surface area contributed by atoms with Crippen LogP contribution in [0.5, 0.6) is 0 Å². The molecule has 0 amide bonds. The predicted molar refractivity (Wildman–Crippen MR) is 88.9 cm³/mol. The lowest BCUT2D eigenvalue weighted by atomic mass is 9.91. The minimum Gasteiger partial charge on any atom is -0.381 e. The van der Waals surface area contributed by atoms with Gasteiger partial charge in [0.1, 0.15) is 11.3 Å². The van der Waals surface area contributed by atoms with E-state index in [1.165, 1.54) is 11.1 Å². The maximum atomic E-state index is 5.57. The average Bonchev–Trinajstić information content (AvgIpc) is 2.96. The fourth-order valence-electron chi connectivity index (χ4n) is 3.74. The number of anilines is 1. The van der Waals surface area contributed by atoms with Gasteiger partial charge in [-0.3, -0.25) is 4.68 Å². The van der Waals surface area contributed by atoms with Crippen LogP contribution < -0.4 is 4.90 Å². The predicted octanol–water partition coefficient (Wildman–Crippen LogP) is 2.09. The van der Waals surface area contributed by atoms with Gasteiger partial charge in [0, 0.05) is 26.8 Å². The lowest BCUT2D eigenvalue weighted by Crippen LogP contribution is -2.44. The molecule has 2 fully saturated rings. The van der Waals surface area contributed by atoms with Crippen LogP contribution >= 0.6 is 0 Å². The van der Waals surface area contributed by atoms with E-state index in [0.29, 0.717) is 12.0 Å². The second kappa shape index (κ2) is 6.09. The van der Waals surface area contributed by atoms with Crippen LogP contribution in [0.1, 0.15) is 31.2 Å². The largest absolute Gasteiger partial charge is 0.381 e. The zero-order chi connectivity index (χ0) is 15.8.